The van der Waals surface area contributed by atoms with E-state index in [1.807, 2.05) is 0 Å². The van der Waals surface area contributed by atoms with Crippen molar-refractivity contribution in [2.45, 2.75) is 31.6 Å². The molecule has 2 aromatic rings. The molecule has 0 unspecified atom stereocenters. The van der Waals surface area contributed by atoms with Gasteiger partial charge in [-0.05, 0) is 38.4 Å². The van der Waals surface area contributed by atoms with Gasteiger partial charge in [0, 0.05) is 11.5 Å². The molecule has 0 amide bonds. The van der Waals surface area contributed by atoms with Crippen molar-refractivity contribution in [3.05, 3.63) is 28.9 Å². The van der Waals surface area contributed by atoms with Crippen LogP contribution in [0.15, 0.2) is 16.5 Å². The molecule has 0 saturated carbocycles. The molecular weight excluding hydrogens is 267 g/mol. The summed E-state index contributed by atoms with van der Waals surface area (Å²) in [6, 6.07) is 2.85. The molecule has 0 spiro atoms. The number of halogens is 2. The van der Waals surface area contributed by atoms with E-state index in [-0.39, 0.29) is 10.4 Å². The Bertz CT molecular complexity index is 566. The number of fused-ring (bicyclic) bond motifs is 1. The molecule has 1 aromatic carbocycles. The summed E-state index contributed by atoms with van der Waals surface area (Å²) in [6.45, 7) is 4.07. The first-order valence-corrected chi connectivity index (χ1v) is 6.99. The van der Waals surface area contributed by atoms with E-state index in [1.54, 1.807) is 0 Å². The SMILES string of the molecule is CCC1(c2nc3cc(Cl)c(F)cc3o2)CCNCC1. The zero-order valence-electron chi connectivity index (χ0n) is 10.8. The van der Waals surface area contributed by atoms with Crippen molar-refractivity contribution >= 4 is 22.7 Å². The molecule has 0 radical (unpaired) electrons. The minimum atomic E-state index is -0.465. The van der Waals surface area contributed by atoms with Gasteiger partial charge in [0.1, 0.15) is 11.3 Å². The second-order valence-corrected chi connectivity index (χ2v) is 5.54. The van der Waals surface area contributed by atoms with Gasteiger partial charge in [-0.2, -0.15) is 0 Å². The molecule has 1 saturated heterocycles. The molecule has 19 heavy (non-hydrogen) atoms. The number of hydrogen-bond acceptors (Lipinski definition) is 3. The maximum absolute atomic E-state index is 13.4. The van der Waals surface area contributed by atoms with Crippen molar-refractivity contribution in [3.63, 3.8) is 0 Å². The van der Waals surface area contributed by atoms with E-state index in [9.17, 15) is 4.39 Å². The minimum Gasteiger partial charge on any atom is -0.440 e. The second kappa shape index (κ2) is 4.76. The predicted octanol–water partition coefficient (Wildman–Crippen LogP) is 3.65. The molecular formula is C14H16ClFN2O. The second-order valence-electron chi connectivity index (χ2n) is 5.14. The van der Waals surface area contributed by atoms with Gasteiger partial charge in [-0.1, -0.05) is 18.5 Å². The Morgan fingerprint density at radius 2 is 2.16 bits per heavy atom. The highest BCUT2D eigenvalue weighted by Gasteiger charge is 2.36. The molecule has 1 aliphatic heterocycles. The quantitative estimate of drug-likeness (QED) is 0.914. The highest BCUT2D eigenvalue weighted by atomic mass is 35.5. The van der Waals surface area contributed by atoms with E-state index in [4.69, 9.17) is 16.0 Å². The van der Waals surface area contributed by atoms with E-state index in [1.165, 1.54) is 12.1 Å². The van der Waals surface area contributed by atoms with E-state index >= 15 is 0 Å². The van der Waals surface area contributed by atoms with Gasteiger partial charge < -0.3 is 9.73 Å². The van der Waals surface area contributed by atoms with Crippen LogP contribution in [0.25, 0.3) is 11.1 Å². The van der Waals surface area contributed by atoms with Gasteiger partial charge in [0.15, 0.2) is 5.58 Å². The van der Waals surface area contributed by atoms with Crippen LogP contribution in [-0.2, 0) is 5.41 Å². The van der Waals surface area contributed by atoms with E-state index in [0.717, 1.165) is 32.4 Å². The lowest BCUT2D eigenvalue weighted by atomic mass is 9.76. The van der Waals surface area contributed by atoms with Gasteiger partial charge in [-0.25, -0.2) is 9.37 Å². The summed E-state index contributed by atoms with van der Waals surface area (Å²) in [6.07, 6.45) is 2.96. The standard InChI is InChI=1S/C14H16ClFN2O/c1-2-14(3-5-17-6-4-14)13-18-11-7-9(15)10(16)8-12(11)19-13/h7-8,17H,2-6H2,1H3. The third-order valence-electron chi connectivity index (χ3n) is 4.12. The normalized spacial score (nSPS) is 18.9. The van der Waals surface area contributed by atoms with Crippen LogP contribution < -0.4 is 5.32 Å². The Labute approximate surface area is 116 Å². The van der Waals surface area contributed by atoms with Crippen molar-refractivity contribution in [2.24, 2.45) is 0 Å². The molecule has 0 aliphatic carbocycles. The van der Waals surface area contributed by atoms with Crippen LogP contribution in [0.4, 0.5) is 4.39 Å². The van der Waals surface area contributed by atoms with Crippen LogP contribution in [-0.4, -0.2) is 18.1 Å². The third-order valence-corrected chi connectivity index (χ3v) is 4.41. The van der Waals surface area contributed by atoms with Crippen molar-refractivity contribution in [2.75, 3.05) is 13.1 Å². The van der Waals surface area contributed by atoms with Crippen molar-refractivity contribution < 1.29 is 8.81 Å². The number of hydrogen-bond donors (Lipinski definition) is 1. The lowest BCUT2D eigenvalue weighted by molar-refractivity contribution is 0.243. The molecule has 1 aromatic heterocycles. The highest BCUT2D eigenvalue weighted by molar-refractivity contribution is 6.31. The van der Waals surface area contributed by atoms with Gasteiger partial charge in [0.05, 0.1) is 5.02 Å². The zero-order chi connectivity index (χ0) is 13.5. The predicted molar refractivity (Wildman–Crippen MR) is 73.0 cm³/mol. The van der Waals surface area contributed by atoms with E-state index in [0.29, 0.717) is 17.0 Å². The summed E-state index contributed by atoms with van der Waals surface area (Å²) < 4.78 is 19.2. The summed E-state index contributed by atoms with van der Waals surface area (Å²) >= 11 is 5.78. The monoisotopic (exact) mass is 282 g/mol. The Morgan fingerprint density at radius 3 is 2.84 bits per heavy atom. The number of piperidine rings is 1. The largest absolute Gasteiger partial charge is 0.440 e. The summed E-state index contributed by atoms with van der Waals surface area (Å²) in [5.41, 5.74) is 1.07. The number of nitrogens with one attached hydrogen (secondary N) is 1. The third kappa shape index (κ3) is 2.13. The number of oxazole rings is 1. The number of benzene rings is 1. The van der Waals surface area contributed by atoms with Crippen LogP contribution in [0.3, 0.4) is 0 Å². The maximum Gasteiger partial charge on any atom is 0.201 e. The zero-order valence-corrected chi connectivity index (χ0v) is 11.6. The summed E-state index contributed by atoms with van der Waals surface area (Å²) in [5, 5.41) is 3.43. The maximum atomic E-state index is 13.4. The molecule has 2 heterocycles. The van der Waals surface area contributed by atoms with E-state index < -0.39 is 5.82 Å². The molecule has 3 rings (SSSR count). The Hall–Kier alpha value is -1.13. The molecule has 102 valence electrons. The first-order chi connectivity index (χ1) is 9.14. The summed E-state index contributed by atoms with van der Waals surface area (Å²) in [7, 11) is 0. The molecule has 1 fully saturated rings. The number of rotatable bonds is 2. The average molecular weight is 283 g/mol. The van der Waals surface area contributed by atoms with Gasteiger partial charge in [0.2, 0.25) is 5.89 Å². The average Bonchev–Trinajstić information content (AvgIpc) is 2.83. The Balaban J connectivity index is 2.09. The minimum absolute atomic E-state index is 0.0345. The lowest BCUT2D eigenvalue weighted by Gasteiger charge is -2.33. The van der Waals surface area contributed by atoms with Gasteiger partial charge in [-0.15, -0.1) is 0 Å². The summed E-state index contributed by atoms with van der Waals surface area (Å²) in [4.78, 5) is 4.54. The van der Waals surface area contributed by atoms with Crippen LogP contribution in [0, 0.1) is 5.82 Å². The fraction of sp³-hybridized carbons (Fsp3) is 0.500. The number of aromatic nitrogens is 1. The van der Waals surface area contributed by atoms with Crippen LogP contribution >= 0.6 is 11.6 Å². The topological polar surface area (TPSA) is 38.1 Å². The van der Waals surface area contributed by atoms with Gasteiger partial charge in [0.25, 0.3) is 0 Å². The summed E-state index contributed by atoms with van der Waals surface area (Å²) in [5.74, 6) is 0.251. The highest BCUT2D eigenvalue weighted by Crippen LogP contribution is 2.38. The van der Waals surface area contributed by atoms with Crippen LogP contribution in [0.2, 0.25) is 5.02 Å². The van der Waals surface area contributed by atoms with Crippen LogP contribution in [0.1, 0.15) is 32.1 Å². The first kappa shape index (κ1) is 12.9. The number of nitrogens with zero attached hydrogens (tertiary/aromatic N) is 1. The van der Waals surface area contributed by atoms with Crippen molar-refractivity contribution in [1.82, 2.24) is 10.3 Å². The van der Waals surface area contributed by atoms with Crippen molar-refractivity contribution in [1.29, 1.82) is 0 Å². The Morgan fingerprint density at radius 1 is 1.42 bits per heavy atom. The van der Waals surface area contributed by atoms with Crippen LogP contribution in [0.5, 0.6) is 0 Å². The molecule has 5 heteroatoms. The van der Waals surface area contributed by atoms with Gasteiger partial charge >= 0.3 is 0 Å². The molecule has 0 atom stereocenters. The lowest BCUT2D eigenvalue weighted by Crippen LogP contribution is -2.39. The molecule has 0 bridgehead atoms. The Kier molecular flexibility index (Phi) is 3.23. The van der Waals surface area contributed by atoms with Gasteiger partial charge in [-0.3, -0.25) is 0 Å². The fourth-order valence-electron chi connectivity index (χ4n) is 2.77. The van der Waals surface area contributed by atoms with Crippen molar-refractivity contribution in [3.8, 4) is 0 Å². The molecule has 1 aliphatic rings. The molecule has 3 nitrogen and oxygen atoms in total. The fourth-order valence-corrected chi connectivity index (χ4v) is 2.93. The van der Waals surface area contributed by atoms with E-state index in [2.05, 4.69) is 17.2 Å². The molecule has 1 N–H and O–H groups in total. The first-order valence-electron chi connectivity index (χ1n) is 6.61. The smallest absolute Gasteiger partial charge is 0.201 e.